The number of alkyl halides is 3. The van der Waals surface area contributed by atoms with Crippen molar-refractivity contribution in [2.45, 2.75) is 90.1 Å². The third-order valence-corrected chi connectivity index (χ3v) is 3.84. The van der Waals surface area contributed by atoms with E-state index in [9.17, 15) is 13.2 Å². The van der Waals surface area contributed by atoms with Gasteiger partial charge in [-0.2, -0.15) is 13.2 Å². The Kier molecular flexibility index (Phi) is 8.49. The van der Waals surface area contributed by atoms with E-state index in [4.69, 9.17) is 4.42 Å². The lowest BCUT2D eigenvalue weighted by molar-refractivity contribution is -0.157. The van der Waals surface area contributed by atoms with Gasteiger partial charge in [0.2, 0.25) is 5.89 Å². The molecule has 0 amide bonds. The lowest BCUT2D eigenvalue weighted by atomic mass is 9.94. The van der Waals surface area contributed by atoms with Gasteiger partial charge in [-0.3, -0.25) is 0 Å². The van der Waals surface area contributed by atoms with Crippen molar-refractivity contribution in [2.24, 2.45) is 0 Å². The molecule has 0 aliphatic rings. The van der Waals surface area contributed by atoms with Crippen LogP contribution < -0.4 is 0 Å². The van der Waals surface area contributed by atoms with Gasteiger partial charge in [0.1, 0.15) is 0 Å². The van der Waals surface area contributed by atoms with Crippen molar-refractivity contribution in [1.82, 2.24) is 10.2 Å². The Morgan fingerprint density at radius 2 is 1.41 bits per heavy atom. The Balaban J connectivity index is 2.58. The van der Waals surface area contributed by atoms with Crippen molar-refractivity contribution in [2.75, 3.05) is 0 Å². The number of halogens is 3. The quantitative estimate of drug-likeness (QED) is 0.461. The molecule has 0 saturated carbocycles. The van der Waals surface area contributed by atoms with Gasteiger partial charge in [-0.15, -0.1) is 10.2 Å². The number of hydrogen-bond donors (Lipinski definition) is 0. The van der Waals surface area contributed by atoms with Gasteiger partial charge in [-0.1, -0.05) is 65.2 Å². The summed E-state index contributed by atoms with van der Waals surface area (Å²) < 4.78 is 42.6. The van der Waals surface area contributed by atoms with E-state index < -0.39 is 12.1 Å². The van der Waals surface area contributed by atoms with Crippen LogP contribution in [0.5, 0.6) is 0 Å². The van der Waals surface area contributed by atoms with Crippen molar-refractivity contribution in [3.8, 4) is 0 Å². The molecule has 6 heteroatoms. The Hall–Kier alpha value is -1.07. The molecule has 1 aromatic heterocycles. The van der Waals surface area contributed by atoms with E-state index in [1.807, 2.05) is 0 Å². The molecule has 0 radical (unpaired) electrons. The number of nitrogens with zero attached hydrogens (tertiary/aromatic N) is 2. The van der Waals surface area contributed by atoms with Gasteiger partial charge < -0.3 is 4.42 Å². The van der Waals surface area contributed by atoms with Gasteiger partial charge >= 0.3 is 12.1 Å². The Morgan fingerprint density at radius 3 is 1.95 bits per heavy atom. The van der Waals surface area contributed by atoms with E-state index in [1.165, 1.54) is 19.3 Å². The first kappa shape index (κ1) is 19.0. The SMILES string of the molecule is CCCCCCCC(CCCCC)c1nnc(C(F)(F)F)o1. The predicted octanol–water partition coefficient (Wildman–Crippen LogP) is 6.11. The van der Waals surface area contributed by atoms with E-state index in [1.54, 1.807) is 0 Å². The summed E-state index contributed by atoms with van der Waals surface area (Å²) in [5.74, 6) is -1.12. The summed E-state index contributed by atoms with van der Waals surface area (Å²) in [6.07, 6.45) is 5.91. The minimum Gasteiger partial charge on any atom is -0.417 e. The smallest absolute Gasteiger partial charge is 0.417 e. The normalized spacial score (nSPS) is 13.5. The van der Waals surface area contributed by atoms with Gasteiger partial charge in [-0.05, 0) is 12.8 Å². The summed E-state index contributed by atoms with van der Waals surface area (Å²) in [5, 5.41) is 6.79. The molecule has 0 aliphatic carbocycles. The molecular weight excluding hydrogens is 293 g/mol. The molecule has 1 atom stereocenters. The highest BCUT2D eigenvalue weighted by Crippen LogP contribution is 2.32. The van der Waals surface area contributed by atoms with Crippen LogP contribution in [-0.2, 0) is 6.18 Å². The Morgan fingerprint density at radius 1 is 0.864 bits per heavy atom. The number of rotatable bonds is 11. The highest BCUT2D eigenvalue weighted by Gasteiger charge is 2.38. The maximum Gasteiger partial charge on any atom is 0.470 e. The zero-order valence-corrected chi connectivity index (χ0v) is 13.6. The Labute approximate surface area is 130 Å². The first-order chi connectivity index (χ1) is 10.5. The van der Waals surface area contributed by atoms with Crippen LogP contribution in [-0.4, -0.2) is 10.2 Å². The third kappa shape index (κ3) is 6.79. The van der Waals surface area contributed by atoms with Crippen LogP contribution >= 0.6 is 0 Å². The van der Waals surface area contributed by atoms with Gasteiger partial charge in [0.15, 0.2) is 0 Å². The summed E-state index contributed by atoms with van der Waals surface area (Å²) in [6, 6.07) is 0. The molecule has 1 aromatic rings. The summed E-state index contributed by atoms with van der Waals surface area (Å²) >= 11 is 0. The largest absolute Gasteiger partial charge is 0.470 e. The molecule has 1 unspecified atom stereocenters. The van der Waals surface area contributed by atoms with E-state index in [-0.39, 0.29) is 11.8 Å². The van der Waals surface area contributed by atoms with E-state index in [0.29, 0.717) is 0 Å². The Bertz CT molecular complexity index is 404. The van der Waals surface area contributed by atoms with E-state index >= 15 is 0 Å². The summed E-state index contributed by atoms with van der Waals surface area (Å²) in [6.45, 7) is 4.26. The van der Waals surface area contributed by atoms with Crippen molar-refractivity contribution >= 4 is 0 Å². The van der Waals surface area contributed by atoms with Crippen LogP contribution in [0, 0.1) is 0 Å². The predicted molar refractivity (Wildman–Crippen MR) is 79.6 cm³/mol. The van der Waals surface area contributed by atoms with Crippen LogP contribution in [0.2, 0.25) is 0 Å². The van der Waals surface area contributed by atoms with Gasteiger partial charge in [0.05, 0.1) is 0 Å². The second-order valence-corrected chi connectivity index (χ2v) is 5.84. The molecule has 0 bridgehead atoms. The molecule has 0 spiro atoms. The molecular formula is C16H27F3N2O. The topological polar surface area (TPSA) is 38.9 Å². The summed E-state index contributed by atoms with van der Waals surface area (Å²) in [4.78, 5) is 0. The average molecular weight is 320 g/mol. The van der Waals surface area contributed by atoms with Crippen LogP contribution in [0.4, 0.5) is 13.2 Å². The fourth-order valence-electron chi connectivity index (χ4n) is 2.54. The van der Waals surface area contributed by atoms with E-state index in [0.717, 1.165) is 44.9 Å². The average Bonchev–Trinajstić information content (AvgIpc) is 2.95. The summed E-state index contributed by atoms with van der Waals surface area (Å²) in [5.41, 5.74) is 0. The van der Waals surface area contributed by atoms with Crippen molar-refractivity contribution < 1.29 is 17.6 Å². The second-order valence-electron chi connectivity index (χ2n) is 5.84. The molecule has 1 heterocycles. The first-order valence-corrected chi connectivity index (χ1v) is 8.39. The minimum absolute atomic E-state index is 0.0447. The maximum absolute atomic E-state index is 12.6. The van der Waals surface area contributed by atoms with E-state index in [2.05, 4.69) is 24.0 Å². The fraction of sp³-hybridized carbons (Fsp3) is 0.875. The molecule has 0 N–H and O–H groups in total. The van der Waals surface area contributed by atoms with Crippen LogP contribution in [0.1, 0.15) is 95.8 Å². The highest BCUT2D eigenvalue weighted by atomic mass is 19.4. The molecule has 0 fully saturated rings. The highest BCUT2D eigenvalue weighted by molar-refractivity contribution is 4.93. The van der Waals surface area contributed by atoms with Gasteiger partial charge in [-0.25, -0.2) is 0 Å². The van der Waals surface area contributed by atoms with Crippen molar-refractivity contribution in [3.05, 3.63) is 11.8 Å². The molecule has 128 valence electrons. The van der Waals surface area contributed by atoms with Crippen LogP contribution in [0.3, 0.4) is 0 Å². The molecule has 0 aliphatic heterocycles. The monoisotopic (exact) mass is 320 g/mol. The maximum atomic E-state index is 12.6. The zero-order valence-electron chi connectivity index (χ0n) is 13.6. The first-order valence-electron chi connectivity index (χ1n) is 8.39. The van der Waals surface area contributed by atoms with Crippen LogP contribution in [0.25, 0.3) is 0 Å². The van der Waals surface area contributed by atoms with Gasteiger partial charge in [0.25, 0.3) is 0 Å². The lowest BCUT2D eigenvalue weighted by Gasteiger charge is -2.12. The van der Waals surface area contributed by atoms with Gasteiger partial charge in [0, 0.05) is 5.92 Å². The number of unbranched alkanes of at least 4 members (excludes halogenated alkanes) is 6. The molecule has 3 nitrogen and oxygen atoms in total. The minimum atomic E-state index is -4.56. The standard InChI is InChI=1S/C16H27F3N2O/c1-3-5-7-8-10-12-13(11-9-6-4-2)14-20-21-15(22-14)16(17,18)19/h13H,3-12H2,1-2H3. The molecule has 1 rings (SSSR count). The number of aromatic nitrogens is 2. The molecule has 0 saturated heterocycles. The van der Waals surface area contributed by atoms with Crippen molar-refractivity contribution in [3.63, 3.8) is 0 Å². The lowest BCUT2D eigenvalue weighted by Crippen LogP contribution is -2.05. The van der Waals surface area contributed by atoms with Crippen molar-refractivity contribution in [1.29, 1.82) is 0 Å². The molecule has 0 aromatic carbocycles. The molecule has 22 heavy (non-hydrogen) atoms. The van der Waals surface area contributed by atoms with Crippen LogP contribution in [0.15, 0.2) is 4.42 Å². The second kappa shape index (κ2) is 9.85. The fourth-order valence-corrected chi connectivity index (χ4v) is 2.54. The summed E-state index contributed by atoms with van der Waals surface area (Å²) in [7, 11) is 0. The third-order valence-electron chi connectivity index (χ3n) is 3.84. The number of hydrogen-bond acceptors (Lipinski definition) is 3. The zero-order chi connectivity index (χ0) is 16.4.